The zero-order valence-electron chi connectivity index (χ0n) is 8.00. The highest BCUT2D eigenvalue weighted by atomic mass is 79.9. The third-order valence-corrected chi connectivity index (χ3v) is 4.53. The van der Waals surface area contributed by atoms with Crippen LogP contribution in [0.2, 0.25) is 5.02 Å². The monoisotopic (exact) mass is 330 g/mol. The van der Waals surface area contributed by atoms with E-state index in [1.54, 1.807) is 0 Å². The van der Waals surface area contributed by atoms with Crippen LogP contribution in [0.15, 0.2) is 21.5 Å². The SMILES string of the molecule is NCCNS(=O)(=O)c1c(Cl)cc(F)cc1Br. The second-order valence-electron chi connectivity index (χ2n) is 2.89. The fourth-order valence-corrected chi connectivity index (χ4v) is 3.91. The lowest BCUT2D eigenvalue weighted by Gasteiger charge is -2.09. The Kier molecular flexibility index (Phi) is 4.69. The Hall–Kier alpha value is -0.210. The van der Waals surface area contributed by atoms with Gasteiger partial charge in [-0.3, -0.25) is 0 Å². The molecule has 0 aliphatic carbocycles. The first-order chi connectivity index (χ1) is 7.38. The average Bonchev–Trinajstić information content (AvgIpc) is 2.12. The summed E-state index contributed by atoms with van der Waals surface area (Å²) in [5, 5.41) is -0.184. The van der Waals surface area contributed by atoms with Crippen LogP contribution in [0.25, 0.3) is 0 Å². The maximum absolute atomic E-state index is 12.9. The Morgan fingerprint density at radius 1 is 1.50 bits per heavy atom. The molecule has 0 amide bonds. The van der Waals surface area contributed by atoms with Crippen molar-refractivity contribution in [2.24, 2.45) is 5.73 Å². The van der Waals surface area contributed by atoms with Gasteiger partial charge in [0.05, 0.1) is 5.02 Å². The number of halogens is 3. The standard InChI is InChI=1S/C8H9BrClFN2O2S/c9-6-3-5(11)4-7(10)8(6)16(14,15)13-2-1-12/h3-4,13H,1-2,12H2. The van der Waals surface area contributed by atoms with Gasteiger partial charge in [-0.15, -0.1) is 0 Å². The van der Waals surface area contributed by atoms with Crippen LogP contribution < -0.4 is 10.5 Å². The number of nitrogens with one attached hydrogen (secondary N) is 1. The Morgan fingerprint density at radius 2 is 2.12 bits per heavy atom. The summed E-state index contributed by atoms with van der Waals surface area (Å²) < 4.78 is 38.7. The Balaban J connectivity index is 3.23. The molecule has 0 aliphatic heterocycles. The molecule has 1 rings (SSSR count). The van der Waals surface area contributed by atoms with Gasteiger partial charge in [-0.2, -0.15) is 0 Å². The Bertz CT molecular complexity index is 472. The molecule has 1 aromatic carbocycles. The molecular formula is C8H9BrClFN2O2S. The van der Waals surface area contributed by atoms with E-state index in [9.17, 15) is 12.8 Å². The van der Waals surface area contributed by atoms with Gasteiger partial charge in [0.25, 0.3) is 0 Å². The molecule has 8 heteroatoms. The molecule has 0 atom stereocenters. The molecule has 0 heterocycles. The van der Waals surface area contributed by atoms with Gasteiger partial charge in [0.2, 0.25) is 10.0 Å². The quantitative estimate of drug-likeness (QED) is 0.878. The summed E-state index contributed by atoms with van der Waals surface area (Å²) in [6.45, 7) is 0.248. The molecule has 90 valence electrons. The fourth-order valence-electron chi connectivity index (χ4n) is 1.05. The van der Waals surface area contributed by atoms with Crippen molar-refractivity contribution in [3.8, 4) is 0 Å². The number of benzene rings is 1. The van der Waals surface area contributed by atoms with Crippen molar-refractivity contribution in [1.29, 1.82) is 0 Å². The van der Waals surface area contributed by atoms with E-state index in [1.165, 1.54) is 0 Å². The van der Waals surface area contributed by atoms with Crippen LogP contribution in [0.3, 0.4) is 0 Å². The van der Waals surface area contributed by atoms with E-state index in [4.69, 9.17) is 17.3 Å². The van der Waals surface area contributed by atoms with Crippen LogP contribution in [0.1, 0.15) is 0 Å². The van der Waals surface area contributed by atoms with Gasteiger partial charge >= 0.3 is 0 Å². The summed E-state index contributed by atoms with van der Waals surface area (Å²) in [6, 6.07) is 1.96. The lowest BCUT2D eigenvalue weighted by molar-refractivity contribution is 0.580. The molecule has 0 saturated heterocycles. The van der Waals surface area contributed by atoms with Gasteiger partial charge in [0.1, 0.15) is 10.7 Å². The van der Waals surface area contributed by atoms with Gasteiger partial charge in [-0.1, -0.05) is 11.6 Å². The first-order valence-electron chi connectivity index (χ1n) is 4.23. The highest BCUT2D eigenvalue weighted by Gasteiger charge is 2.21. The maximum Gasteiger partial charge on any atom is 0.243 e. The minimum absolute atomic E-state index is 0.0713. The first kappa shape index (κ1) is 13.9. The van der Waals surface area contributed by atoms with Crippen LogP contribution in [0.4, 0.5) is 4.39 Å². The number of sulfonamides is 1. The summed E-state index contributed by atoms with van der Waals surface area (Å²) >= 11 is 8.63. The number of nitrogens with two attached hydrogens (primary N) is 1. The summed E-state index contributed by atoms with van der Waals surface area (Å²) in [5.41, 5.74) is 5.18. The van der Waals surface area contributed by atoms with Crippen LogP contribution in [0.5, 0.6) is 0 Å². The third-order valence-electron chi connectivity index (χ3n) is 1.67. The molecule has 16 heavy (non-hydrogen) atoms. The van der Waals surface area contributed by atoms with E-state index in [0.29, 0.717) is 0 Å². The van der Waals surface area contributed by atoms with Crippen molar-refractivity contribution in [2.45, 2.75) is 4.90 Å². The van der Waals surface area contributed by atoms with Crippen LogP contribution in [0, 0.1) is 5.82 Å². The minimum atomic E-state index is -3.78. The smallest absolute Gasteiger partial charge is 0.243 e. The maximum atomic E-state index is 12.9. The first-order valence-corrected chi connectivity index (χ1v) is 6.88. The van der Waals surface area contributed by atoms with Gasteiger partial charge in [-0.05, 0) is 28.1 Å². The number of hydrogen-bond acceptors (Lipinski definition) is 3. The van der Waals surface area contributed by atoms with Gasteiger partial charge in [0, 0.05) is 17.6 Å². The number of hydrogen-bond donors (Lipinski definition) is 2. The molecule has 1 aromatic rings. The average molecular weight is 332 g/mol. The van der Waals surface area contributed by atoms with Crippen LogP contribution in [-0.2, 0) is 10.0 Å². The molecule has 0 saturated carbocycles. The molecule has 0 aromatic heterocycles. The second kappa shape index (κ2) is 5.42. The molecule has 0 spiro atoms. The molecule has 0 unspecified atom stereocenters. The Labute approximate surface area is 106 Å². The lowest BCUT2D eigenvalue weighted by atomic mass is 10.3. The lowest BCUT2D eigenvalue weighted by Crippen LogP contribution is -2.29. The van der Waals surface area contributed by atoms with Crippen molar-refractivity contribution in [3.05, 3.63) is 27.4 Å². The van der Waals surface area contributed by atoms with Crippen molar-refractivity contribution < 1.29 is 12.8 Å². The summed E-state index contributed by atoms with van der Waals surface area (Å²) in [7, 11) is -3.78. The van der Waals surface area contributed by atoms with E-state index >= 15 is 0 Å². The van der Waals surface area contributed by atoms with Crippen LogP contribution in [-0.4, -0.2) is 21.5 Å². The zero-order valence-corrected chi connectivity index (χ0v) is 11.2. The van der Waals surface area contributed by atoms with Crippen molar-refractivity contribution in [2.75, 3.05) is 13.1 Å². The van der Waals surface area contributed by atoms with Gasteiger partial charge in [-0.25, -0.2) is 17.5 Å². The molecule has 0 bridgehead atoms. The van der Waals surface area contributed by atoms with E-state index in [0.717, 1.165) is 12.1 Å². The minimum Gasteiger partial charge on any atom is -0.329 e. The normalized spacial score (nSPS) is 11.8. The van der Waals surface area contributed by atoms with Gasteiger partial charge in [0.15, 0.2) is 0 Å². The predicted octanol–water partition coefficient (Wildman–Crippen LogP) is 1.48. The second-order valence-corrected chi connectivity index (χ2v) is 5.85. The number of rotatable bonds is 4. The molecule has 0 fully saturated rings. The van der Waals surface area contributed by atoms with Gasteiger partial charge < -0.3 is 5.73 Å². The van der Waals surface area contributed by atoms with Crippen LogP contribution >= 0.6 is 27.5 Å². The van der Waals surface area contributed by atoms with Crippen molar-refractivity contribution in [3.63, 3.8) is 0 Å². The highest BCUT2D eigenvalue weighted by Crippen LogP contribution is 2.30. The van der Waals surface area contributed by atoms with E-state index in [2.05, 4.69) is 20.7 Å². The molecular weight excluding hydrogens is 323 g/mol. The Morgan fingerprint density at radius 3 is 2.62 bits per heavy atom. The molecule has 0 radical (unpaired) electrons. The zero-order chi connectivity index (χ0) is 12.3. The fraction of sp³-hybridized carbons (Fsp3) is 0.250. The van der Waals surface area contributed by atoms with Crippen molar-refractivity contribution >= 4 is 37.6 Å². The van der Waals surface area contributed by atoms with E-state index in [-0.39, 0.29) is 27.5 Å². The largest absolute Gasteiger partial charge is 0.329 e. The van der Waals surface area contributed by atoms with E-state index < -0.39 is 15.8 Å². The third kappa shape index (κ3) is 3.14. The summed E-state index contributed by atoms with van der Waals surface area (Å²) in [6.07, 6.45) is 0. The topological polar surface area (TPSA) is 72.2 Å². The molecule has 3 N–H and O–H groups in total. The predicted molar refractivity (Wildman–Crippen MR) is 63.4 cm³/mol. The van der Waals surface area contributed by atoms with Crippen molar-refractivity contribution in [1.82, 2.24) is 4.72 Å². The highest BCUT2D eigenvalue weighted by molar-refractivity contribution is 9.10. The molecule has 4 nitrogen and oxygen atoms in total. The summed E-state index contributed by atoms with van der Waals surface area (Å²) in [5.74, 6) is -0.616. The molecule has 0 aliphatic rings. The summed E-state index contributed by atoms with van der Waals surface area (Å²) in [4.78, 5) is -0.191. The van der Waals surface area contributed by atoms with E-state index in [1.807, 2.05) is 0 Å².